The highest BCUT2D eigenvalue weighted by atomic mass is 16.4. The summed E-state index contributed by atoms with van der Waals surface area (Å²) in [6, 6.07) is -1.26. The van der Waals surface area contributed by atoms with Gasteiger partial charge in [0, 0.05) is 14.1 Å². The van der Waals surface area contributed by atoms with E-state index in [1.54, 1.807) is 7.05 Å². The second-order valence-electron chi connectivity index (χ2n) is 5.20. The fourth-order valence-corrected chi connectivity index (χ4v) is 2.30. The molecule has 1 aliphatic rings. The van der Waals surface area contributed by atoms with Crippen molar-refractivity contribution in [2.24, 2.45) is 0 Å². The molecule has 0 radical (unpaired) electrons. The van der Waals surface area contributed by atoms with Gasteiger partial charge in [-0.15, -0.1) is 0 Å². The molecule has 1 fully saturated rings. The summed E-state index contributed by atoms with van der Waals surface area (Å²) < 4.78 is 0. The molecule has 1 atom stereocenters. The minimum atomic E-state index is -1.04. The van der Waals surface area contributed by atoms with Crippen LogP contribution in [0.1, 0.15) is 32.6 Å². The first-order valence-electron chi connectivity index (χ1n) is 6.20. The lowest BCUT2D eigenvalue weighted by atomic mass is 10.0. The molecule has 2 amide bonds. The molecule has 0 heterocycles. The summed E-state index contributed by atoms with van der Waals surface area (Å²) >= 11 is 0. The molecular formula is C12H22N2O4. The Morgan fingerprint density at radius 1 is 1.28 bits per heavy atom. The Kier molecular flexibility index (Phi) is 4.56. The summed E-state index contributed by atoms with van der Waals surface area (Å²) in [4.78, 5) is 25.4. The number of urea groups is 1. The lowest BCUT2D eigenvalue weighted by Crippen LogP contribution is -2.50. The van der Waals surface area contributed by atoms with Gasteiger partial charge in [0.05, 0.1) is 12.1 Å². The van der Waals surface area contributed by atoms with Crippen LogP contribution < -0.4 is 0 Å². The van der Waals surface area contributed by atoms with Gasteiger partial charge in [0.15, 0.2) is 0 Å². The number of amides is 2. The third kappa shape index (κ3) is 3.35. The molecule has 0 bridgehead atoms. The van der Waals surface area contributed by atoms with Crippen LogP contribution in [0.15, 0.2) is 0 Å². The normalized spacial score (nSPS) is 19.3. The molecule has 0 saturated heterocycles. The lowest BCUT2D eigenvalue weighted by Gasteiger charge is -2.32. The van der Waals surface area contributed by atoms with Crippen LogP contribution in [0.2, 0.25) is 0 Å². The van der Waals surface area contributed by atoms with Crippen molar-refractivity contribution in [2.45, 2.75) is 44.2 Å². The third-order valence-electron chi connectivity index (χ3n) is 3.63. The SMILES string of the molecule is CC(C(=O)O)N(C)C(=O)N(C)CC1(O)CCCC1. The van der Waals surface area contributed by atoms with Crippen molar-refractivity contribution in [3.05, 3.63) is 0 Å². The van der Waals surface area contributed by atoms with Gasteiger partial charge in [0.25, 0.3) is 0 Å². The monoisotopic (exact) mass is 258 g/mol. The first-order chi connectivity index (χ1) is 8.27. The molecule has 0 aromatic rings. The van der Waals surface area contributed by atoms with E-state index in [-0.39, 0.29) is 12.6 Å². The fourth-order valence-electron chi connectivity index (χ4n) is 2.30. The highest BCUT2D eigenvalue weighted by Gasteiger charge is 2.35. The van der Waals surface area contributed by atoms with Gasteiger partial charge in [-0.1, -0.05) is 12.8 Å². The van der Waals surface area contributed by atoms with Crippen LogP contribution in [0.25, 0.3) is 0 Å². The van der Waals surface area contributed by atoms with Gasteiger partial charge < -0.3 is 20.0 Å². The number of carboxylic acid groups (broad SMARTS) is 1. The molecule has 0 aliphatic heterocycles. The second kappa shape index (κ2) is 5.56. The number of hydrogen-bond donors (Lipinski definition) is 2. The Bertz CT molecular complexity index is 326. The van der Waals surface area contributed by atoms with Crippen molar-refractivity contribution in [3.63, 3.8) is 0 Å². The van der Waals surface area contributed by atoms with E-state index in [1.165, 1.54) is 23.8 Å². The Morgan fingerprint density at radius 2 is 1.78 bits per heavy atom. The molecule has 6 nitrogen and oxygen atoms in total. The quantitative estimate of drug-likeness (QED) is 0.779. The van der Waals surface area contributed by atoms with Gasteiger partial charge in [-0.25, -0.2) is 9.59 Å². The van der Waals surface area contributed by atoms with Crippen molar-refractivity contribution in [2.75, 3.05) is 20.6 Å². The zero-order valence-electron chi connectivity index (χ0n) is 11.2. The van der Waals surface area contributed by atoms with Crippen LogP contribution in [0.3, 0.4) is 0 Å². The average Bonchev–Trinajstić information content (AvgIpc) is 2.72. The van der Waals surface area contributed by atoms with Gasteiger partial charge >= 0.3 is 12.0 Å². The van der Waals surface area contributed by atoms with Crippen LogP contribution in [0, 0.1) is 0 Å². The molecule has 0 spiro atoms. The molecule has 1 rings (SSSR count). The van der Waals surface area contributed by atoms with Crippen LogP contribution in [0.4, 0.5) is 4.79 Å². The summed E-state index contributed by atoms with van der Waals surface area (Å²) in [5, 5.41) is 19.1. The molecule has 0 aromatic carbocycles. The topological polar surface area (TPSA) is 81.1 Å². The van der Waals surface area contributed by atoms with E-state index in [1.807, 2.05) is 0 Å². The lowest BCUT2D eigenvalue weighted by molar-refractivity contribution is -0.141. The fraction of sp³-hybridized carbons (Fsp3) is 0.833. The van der Waals surface area contributed by atoms with E-state index >= 15 is 0 Å². The molecule has 0 aromatic heterocycles. The minimum absolute atomic E-state index is 0.252. The number of aliphatic hydroxyl groups is 1. The van der Waals surface area contributed by atoms with Crippen LogP contribution in [0.5, 0.6) is 0 Å². The first-order valence-corrected chi connectivity index (χ1v) is 6.20. The number of aliphatic carboxylic acids is 1. The number of nitrogens with zero attached hydrogens (tertiary/aromatic N) is 2. The summed E-state index contributed by atoms with van der Waals surface area (Å²) in [5.74, 6) is -1.04. The number of rotatable bonds is 4. The molecule has 1 saturated carbocycles. The van der Waals surface area contributed by atoms with Crippen LogP contribution >= 0.6 is 0 Å². The second-order valence-corrected chi connectivity index (χ2v) is 5.20. The highest BCUT2D eigenvalue weighted by Crippen LogP contribution is 2.30. The van der Waals surface area contributed by atoms with E-state index in [9.17, 15) is 14.7 Å². The summed E-state index contributed by atoms with van der Waals surface area (Å²) in [7, 11) is 3.04. The Labute approximate surface area is 107 Å². The maximum absolute atomic E-state index is 12.0. The number of carbonyl (C=O) groups is 2. The molecule has 6 heteroatoms. The third-order valence-corrected chi connectivity index (χ3v) is 3.63. The maximum Gasteiger partial charge on any atom is 0.326 e. The predicted octanol–water partition coefficient (Wildman–Crippen LogP) is 0.748. The van der Waals surface area contributed by atoms with Crippen LogP contribution in [-0.2, 0) is 4.79 Å². The zero-order chi connectivity index (χ0) is 13.9. The van der Waals surface area contributed by atoms with Gasteiger partial charge in [0.2, 0.25) is 0 Å². The van der Waals surface area contributed by atoms with Gasteiger partial charge in [-0.2, -0.15) is 0 Å². The van der Waals surface area contributed by atoms with Crippen molar-refractivity contribution < 1.29 is 19.8 Å². The van der Waals surface area contributed by atoms with Crippen molar-refractivity contribution in [3.8, 4) is 0 Å². The molecule has 18 heavy (non-hydrogen) atoms. The highest BCUT2D eigenvalue weighted by molar-refractivity contribution is 5.82. The van der Waals surface area contributed by atoms with Gasteiger partial charge in [-0.3, -0.25) is 0 Å². The van der Waals surface area contributed by atoms with E-state index in [4.69, 9.17) is 5.11 Å². The molecular weight excluding hydrogens is 236 g/mol. The molecule has 1 unspecified atom stereocenters. The van der Waals surface area contributed by atoms with E-state index in [2.05, 4.69) is 0 Å². The standard InChI is InChI=1S/C12H22N2O4/c1-9(10(15)16)14(3)11(17)13(2)8-12(18)6-4-5-7-12/h9,18H,4-8H2,1-3H3,(H,15,16). The number of likely N-dealkylation sites (N-methyl/N-ethyl adjacent to an activating group) is 2. The first kappa shape index (κ1) is 14.8. The Morgan fingerprint density at radius 3 is 2.22 bits per heavy atom. The Hall–Kier alpha value is -1.30. The van der Waals surface area contributed by atoms with E-state index < -0.39 is 17.6 Å². The summed E-state index contributed by atoms with van der Waals surface area (Å²) in [6.07, 6.45) is 3.34. The van der Waals surface area contributed by atoms with Gasteiger partial charge in [-0.05, 0) is 19.8 Å². The van der Waals surface area contributed by atoms with Crippen molar-refractivity contribution in [1.82, 2.24) is 9.80 Å². The summed E-state index contributed by atoms with van der Waals surface area (Å²) in [6.45, 7) is 1.71. The van der Waals surface area contributed by atoms with E-state index in [0.717, 1.165) is 12.8 Å². The average molecular weight is 258 g/mol. The van der Waals surface area contributed by atoms with Crippen molar-refractivity contribution in [1.29, 1.82) is 0 Å². The Balaban J connectivity index is 2.58. The number of carboxylic acids is 1. The maximum atomic E-state index is 12.0. The number of hydrogen-bond acceptors (Lipinski definition) is 3. The number of carbonyl (C=O) groups excluding carboxylic acids is 1. The zero-order valence-corrected chi connectivity index (χ0v) is 11.2. The molecule has 2 N–H and O–H groups in total. The van der Waals surface area contributed by atoms with Crippen molar-refractivity contribution >= 4 is 12.0 Å². The minimum Gasteiger partial charge on any atom is -0.480 e. The molecule has 1 aliphatic carbocycles. The summed E-state index contributed by atoms with van der Waals surface area (Å²) in [5.41, 5.74) is -0.808. The van der Waals surface area contributed by atoms with E-state index in [0.29, 0.717) is 12.8 Å². The largest absolute Gasteiger partial charge is 0.480 e. The molecule has 104 valence electrons. The van der Waals surface area contributed by atoms with Crippen LogP contribution in [-0.4, -0.2) is 64.3 Å². The smallest absolute Gasteiger partial charge is 0.326 e. The van der Waals surface area contributed by atoms with Gasteiger partial charge in [0.1, 0.15) is 6.04 Å². The predicted molar refractivity (Wildman–Crippen MR) is 66.3 cm³/mol.